The summed E-state index contributed by atoms with van der Waals surface area (Å²) in [5.41, 5.74) is 3.83. The lowest BCUT2D eigenvalue weighted by Crippen LogP contribution is -2.36. The van der Waals surface area contributed by atoms with Crippen LogP contribution in [0.5, 0.6) is 11.5 Å². The van der Waals surface area contributed by atoms with E-state index in [2.05, 4.69) is 5.32 Å². The molecule has 3 aromatic rings. The Bertz CT molecular complexity index is 1190. The van der Waals surface area contributed by atoms with Gasteiger partial charge in [0.1, 0.15) is 0 Å². The highest BCUT2D eigenvalue weighted by Crippen LogP contribution is 2.33. The highest BCUT2D eigenvalue weighted by molar-refractivity contribution is 6.34. The molecule has 6 nitrogen and oxygen atoms in total. The fourth-order valence-electron chi connectivity index (χ4n) is 3.86. The summed E-state index contributed by atoms with van der Waals surface area (Å²) in [5.74, 6) is 0.913. The first-order valence-electron chi connectivity index (χ1n) is 9.95. The molecule has 0 aliphatic carbocycles. The maximum Gasteiger partial charge on any atom is 0.257 e. The van der Waals surface area contributed by atoms with Crippen LogP contribution in [-0.4, -0.2) is 30.1 Å². The predicted octanol–water partition coefficient (Wildman–Crippen LogP) is 4.52. The summed E-state index contributed by atoms with van der Waals surface area (Å²) >= 11 is 6.13. The smallest absolute Gasteiger partial charge is 0.257 e. The highest BCUT2D eigenvalue weighted by Gasteiger charge is 2.24. The second-order valence-corrected chi connectivity index (χ2v) is 7.87. The second-order valence-electron chi connectivity index (χ2n) is 7.46. The van der Waals surface area contributed by atoms with Crippen molar-refractivity contribution in [3.05, 3.63) is 87.9 Å². The molecule has 0 saturated heterocycles. The van der Waals surface area contributed by atoms with E-state index in [1.165, 1.54) is 5.56 Å². The molecule has 0 atom stereocenters. The fourth-order valence-corrected chi connectivity index (χ4v) is 4.09. The van der Waals surface area contributed by atoms with E-state index < -0.39 is 0 Å². The number of nitrogens with zero attached hydrogens (tertiary/aromatic N) is 1. The Morgan fingerprint density at radius 3 is 2.65 bits per heavy atom. The molecule has 0 spiro atoms. The summed E-state index contributed by atoms with van der Waals surface area (Å²) in [6.45, 7) is 1.27. The van der Waals surface area contributed by atoms with E-state index in [1.54, 1.807) is 47.4 Å². The summed E-state index contributed by atoms with van der Waals surface area (Å²) in [7, 11) is 0. The number of halogens is 1. The quantitative estimate of drug-likeness (QED) is 0.658. The van der Waals surface area contributed by atoms with Gasteiger partial charge in [0.2, 0.25) is 6.79 Å². The number of anilines is 1. The first-order valence-corrected chi connectivity index (χ1v) is 10.3. The molecule has 0 saturated carbocycles. The lowest BCUT2D eigenvalue weighted by Gasteiger charge is -2.29. The second kappa shape index (κ2) is 7.96. The van der Waals surface area contributed by atoms with Gasteiger partial charge in [0, 0.05) is 24.3 Å². The summed E-state index contributed by atoms with van der Waals surface area (Å²) < 4.78 is 10.7. The summed E-state index contributed by atoms with van der Waals surface area (Å²) in [5, 5.41) is 3.30. The van der Waals surface area contributed by atoms with Crippen LogP contribution in [-0.2, 0) is 13.0 Å². The van der Waals surface area contributed by atoms with Crippen molar-refractivity contribution < 1.29 is 19.1 Å². The molecule has 1 N–H and O–H groups in total. The monoisotopic (exact) mass is 434 g/mol. The Labute approximate surface area is 184 Å². The average Bonchev–Trinajstić information content (AvgIpc) is 3.26. The minimum Gasteiger partial charge on any atom is -0.454 e. The van der Waals surface area contributed by atoms with Crippen LogP contribution in [0.4, 0.5) is 5.69 Å². The summed E-state index contributed by atoms with van der Waals surface area (Å²) in [6.07, 6.45) is 0.754. The van der Waals surface area contributed by atoms with Gasteiger partial charge < -0.3 is 19.7 Å². The molecule has 2 aliphatic rings. The zero-order chi connectivity index (χ0) is 21.4. The van der Waals surface area contributed by atoms with Crippen LogP contribution in [0.25, 0.3) is 0 Å². The topological polar surface area (TPSA) is 67.9 Å². The van der Waals surface area contributed by atoms with E-state index in [4.69, 9.17) is 21.1 Å². The maximum atomic E-state index is 13.0. The molecule has 31 heavy (non-hydrogen) atoms. The Balaban J connectivity index is 1.33. The Kier molecular flexibility index (Phi) is 5.00. The minimum atomic E-state index is -0.269. The molecule has 0 fully saturated rings. The lowest BCUT2D eigenvalue weighted by atomic mass is 9.98. The van der Waals surface area contributed by atoms with Gasteiger partial charge >= 0.3 is 0 Å². The standard InChI is InChI=1S/C24H19ClN2O4/c25-20-4-2-1-3-19(20)23(28)26-18-7-5-15-9-10-27(13-17(15)11-18)24(29)16-6-8-21-22(12-16)31-14-30-21/h1-8,11-12H,9-10,13-14H2,(H,26,28). The minimum absolute atomic E-state index is 0.0607. The lowest BCUT2D eigenvalue weighted by molar-refractivity contribution is 0.0734. The zero-order valence-electron chi connectivity index (χ0n) is 16.6. The third kappa shape index (κ3) is 3.82. The fraction of sp³-hybridized carbons (Fsp3) is 0.167. The van der Waals surface area contributed by atoms with Gasteiger partial charge in [-0.25, -0.2) is 0 Å². The van der Waals surface area contributed by atoms with Crippen molar-refractivity contribution in [2.24, 2.45) is 0 Å². The molecular formula is C24H19ClN2O4. The summed E-state index contributed by atoms with van der Waals surface area (Å²) in [6, 6.07) is 18.0. The number of ether oxygens (including phenoxy) is 2. The number of rotatable bonds is 3. The summed E-state index contributed by atoms with van der Waals surface area (Å²) in [4.78, 5) is 27.4. The van der Waals surface area contributed by atoms with Gasteiger partial charge in [0.15, 0.2) is 11.5 Å². The molecule has 0 radical (unpaired) electrons. The molecule has 0 aromatic heterocycles. The Morgan fingerprint density at radius 1 is 0.935 bits per heavy atom. The predicted molar refractivity (Wildman–Crippen MR) is 117 cm³/mol. The average molecular weight is 435 g/mol. The molecule has 2 heterocycles. The van der Waals surface area contributed by atoms with Gasteiger partial charge in [0.05, 0.1) is 10.6 Å². The SMILES string of the molecule is O=C(Nc1ccc2c(c1)CN(C(=O)c1ccc3c(c1)OCO3)CC2)c1ccccc1Cl. The van der Waals surface area contributed by atoms with Crippen molar-refractivity contribution in [1.29, 1.82) is 0 Å². The van der Waals surface area contributed by atoms with Crippen LogP contribution < -0.4 is 14.8 Å². The first kappa shape index (κ1) is 19.5. The largest absolute Gasteiger partial charge is 0.454 e. The molecule has 3 aromatic carbocycles. The highest BCUT2D eigenvalue weighted by atomic mass is 35.5. The number of fused-ring (bicyclic) bond motifs is 2. The third-order valence-electron chi connectivity index (χ3n) is 5.50. The number of hydrogen-bond acceptors (Lipinski definition) is 4. The molecule has 0 unspecified atom stereocenters. The van der Waals surface area contributed by atoms with E-state index in [1.807, 2.05) is 18.2 Å². The van der Waals surface area contributed by atoms with E-state index >= 15 is 0 Å². The number of carbonyl (C=O) groups is 2. The van der Waals surface area contributed by atoms with Crippen LogP contribution in [0.2, 0.25) is 5.02 Å². The van der Waals surface area contributed by atoms with Crippen LogP contribution in [0.15, 0.2) is 60.7 Å². The van der Waals surface area contributed by atoms with Crippen molar-refractivity contribution in [2.75, 3.05) is 18.7 Å². The van der Waals surface area contributed by atoms with Crippen LogP contribution in [0.1, 0.15) is 31.8 Å². The number of hydrogen-bond donors (Lipinski definition) is 1. The molecule has 5 rings (SSSR count). The van der Waals surface area contributed by atoms with E-state index in [-0.39, 0.29) is 18.6 Å². The van der Waals surface area contributed by atoms with Crippen molar-refractivity contribution in [3.63, 3.8) is 0 Å². The first-order chi connectivity index (χ1) is 15.1. The van der Waals surface area contributed by atoms with Crippen LogP contribution in [0.3, 0.4) is 0 Å². The van der Waals surface area contributed by atoms with E-state index in [9.17, 15) is 9.59 Å². The molecule has 0 bridgehead atoms. The van der Waals surface area contributed by atoms with Crippen LogP contribution >= 0.6 is 11.6 Å². The van der Waals surface area contributed by atoms with Gasteiger partial charge in [-0.05, 0) is 60.0 Å². The van der Waals surface area contributed by atoms with Crippen molar-refractivity contribution in [3.8, 4) is 11.5 Å². The van der Waals surface area contributed by atoms with Crippen molar-refractivity contribution in [1.82, 2.24) is 4.90 Å². The molecule has 2 aliphatic heterocycles. The van der Waals surface area contributed by atoms with Gasteiger partial charge in [-0.1, -0.05) is 29.8 Å². The Hall–Kier alpha value is -3.51. The molecule has 156 valence electrons. The van der Waals surface area contributed by atoms with Gasteiger partial charge in [-0.3, -0.25) is 9.59 Å². The number of carbonyl (C=O) groups excluding carboxylic acids is 2. The third-order valence-corrected chi connectivity index (χ3v) is 5.83. The molecular weight excluding hydrogens is 416 g/mol. The zero-order valence-corrected chi connectivity index (χ0v) is 17.3. The van der Waals surface area contributed by atoms with Crippen LogP contribution in [0, 0.1) is 0 Å². The van der Waals surface area contributed by atoms with Gasteiger partial charge in [-0.15, -0.1) is 0 Å². The normalized spacial score (nSPS) is 14.2. The van der Waals surface area contributed by atoms with Gasteiger partial charge in [-0.2, -0.15) is 0 Å². The molecule has 7 heteroatoms. The number of amides is 2. The Morgan fingerprint density at radius 2 is 1.77 bits per heavy atom. The number of benzene rings is 3. The van der Waals surface area contributed by atoms with Crippen molar-refractivity contribution >= 4 is 29.1 Å². The maximum absolute atomic E-state index is 13.0. The van der Waals surface area contributed by atoms with E-state index in [0.29, 0.717) is 46.4 Å². The molecule has 2 amide bonds. The van der Waals surface area contributed by atoms with Gasteiger partial charge in [0.25, 0.3) is 11.8 Å². The number of nitrogens with one attached hydrogen (secondary N) is 1. The van der Waals surface area contributed by atoms with E-state index in [0.717, 1.165) is 12.0 Å². The van der Waals surface area contributed by atoms with Crippen molar-refractivity contribution in [2.45, 2.75) is 13.0 Å².